The van der Waals surface area contributed by atoms with E-state index in [0.717, 1.165) is 4.47 Å². The second-order valence-corrected chi connectivity index (χ2v) is 7.12. The van der Waals surface area contributed by atoms with E-state index in [1.54, 1.807) is 18.2 Å². The Bertz CT molecular complexity index is 865. The van der Waals surface area contributed by atoms with Crippen molar-refractivity contribution >= 4 is 32.8 Å². The molecule has 3 N–H and O–H groups in total. The molecule has 4 atom stereocenters. The number of fused-ring (bicyclic) bond motifs is 3. The maximum absolute atomic E-state index is 12.7. The zero-order valence-electron chi connectivity index (χ0n) is 12.1. The molecule has 23 heavy (non-hydrogen) atoms. The van der Waals surface area contributed by atoms with Gasteiger partial charge in [0.2, 0.25) is 0 Å². The number of aliphatic hydroxyl groups is 1. The molecule has 1 aromatic carbocycles. The van der Waals surface area contributed by atoms with Gasteiger partial charge in [-0.3, -0.25) is 9.59 Å². The lowest BCUT2D eigenvalue weighted by Gasteiger charge is -2.30. The van der Waals surface area contributed by atoms with Crippen LogP contribution in [0.5, 0.6) is 0 Å². The van der Waals surface area contributed by atoms with E-state index in [2.05, 4.69) is 15.9 Å². The third kappa shape index (κ3) is 2.22. The normalized spacial score (nSPS) is 29.4. The molecule has 2 aliphatic rings. The molecular weight excluding hydrogens is 364 g/mol. The number of rotatable bonds is 1. The fourth-order valence-electron chi connectivity index (χ4n) is 3.72. The number of aliphatic hydroxyl groups excluding tert-OH is 1. The molecule has 2 bridgehead atoms. The smallest absolute Gasteiger partial charge is 0.290 e. The lowest BCUT2D eigenvalue weighted by molar-refractivity contribution is 0.0371. The number of hydrogen-bond acceptors (Lipinski definition) is 5. The van der Waals surface area contributed by atoms with Crippen LogP contribution < -0.4 is 11.2 Å². The van der Waals surface area contributed by atoms with Gasteiger partial charge in [-0.05, 0) is 30.5 Å². The Morgan fingerprint density at radius 2 is 2.17 bits per heavy atom. The first-order valence-corrected chi connectivity index (χ1v) is 8.23. The van der Waals surface area contributed by atoms with Gasteiger partial charge in [-0.1, -0.05) is 15.9 Å². The van der Waals surface area contributed by atoms with Gasteiger partial charge in [0.15, 0.2) is 11.2 Å². The van der Waals surface area contributed by atoms with E-state index in [1.165, 1.54) is 11.0 Å². The molecule has 0 unspecified atom stereocenters. The Morgan fingerprint density at radius 1 is 1.39 bits per heavy atom. The van der Waals surface area contributed by atoms with Crippen LogP contribution in [-0.4, -0.2) is 40.6 Å². The van der Waals surface area contributed by atoms with E-state index >= 15 is 0 Å². The van der Waals surface area contributed by atoms with E-state index in [0.29, 0.717) is 23.9 Å². The van der Waals surface area contributed by atoms with Crippen LogP contribution in [0.25, 0.3) is 11.0 Å². The molecule has 2 fully saturated rings. The topological polar surface area (TPSA) is 96.8 Å². The summed E-state index contributed by atoms with van der Waals surface area (Å²) in [5, 5.41) is 10.5. The lowest BCUT2D eigenvalue weighted by atomic mass is 10.1. The second kappa shape index (κ2) is 5.15. The number of piperidine rings is 1. The molecular formula is C16H15BrN2O4. The van der Waals surface area contributed by atoms with Gasteiger partial charge in [-0.2, -0.15) is 0 Å². The maximum atomic E-state index is 12.7. The monoisotopic (exact) mass is 378 g/mol. The van der Waals surface area contributed by atoms with Gasteiger partial charge < -0.3 is 20.2 Å². The van der Waals surface area contributed by atoms with E-state index in [1.807, 2.05) is 0 Å². The zero-order valence-corrected chi connectivity index (χ0v) is 13.7. The van der Waals surface area contributed by atoms with Gasteiger partial charge in [-0.15, -0.1) is 0 Å². The number of halogens is 1. The van der Waals surface area contributed by atoms with Crippen molar-refractivity contribution < 1.29 is 14.3 Å². The number of carbonyl (C=O) groups is 1. The molecule has 1 saturated carbocycles. The first-order valence-electron chi connectivity index (χ1n) is 7.44. The summed E-state index contributed by atoms with van der Waals surface area (Å²) in [5.41, 5.74) is 6.15. The van der Waals surface area contributed by atoms with Gasteiger partial charge in [-0.25, -0.2) is 0 Å². The van der Waals surface area contributed by atoms with Crippen LogP contribution in [0.15, 0.2) is 37.9 Å². The minimum absolute atomic E-state index is 0.0208. The van der Waals surface area contributed by atoms with Gasteiger partial charge in [0.05, 0.1) is 17.5 Å². The number of nitrogens with two attached hydrogens (primary N) is 1. The Kier molecular flexibility index (Phi) is 3.33. The number of likely N-dealkylation sites (tertiary alicyclic amines) is 1. The van der Waals surface area contributed by atoms with Crippen molar-refractivity contribution in [2.45, 2.75) is 24.6 Å². The Balaban J connectivity index is 1.75. The third-order valence-corrected chi connectivity index (χ3v) is 5.32. The van der Waals surface area contributed by atoms with Gasteiger partial charge in [0.25, 0.3) is 5.91 Å². The van der Waals surface area contributed by atoms with Crippen molar-refractivity contribution in [2.24, 2.45) is 11.7 Å². The number of benzene rings is 1. The third-order valence-electron chi connectivity index (χ3n) is 4.83. The lowest BCUT2D eigenvalue weighted by Crippen LogP contribution is -2.48. The van der Waals surface area contributed by atoms with Crippen LogP contribution in [0, 0.1) is 5.92 Å². The van der Waals surface area contributed by atoms with Crippen molar-refractivity contribution in [3.63, 3.8) is 0 Å². The highest BCUT2D eigenvalue weighted by atomic mass is 79.9. The summed E-state index contributed by atoms with van der Waals surface area (Å²) in [4.78, 5) is 26.5. The standard InChI is InChI=1S/C16H15BrN2O4/c17-8-1-2-9-10(20)5-13(23-12(9)4-8)16(22)19-6-7-3-11(21)15(19)14(7)18/h1-2,4-5,7,11,14-15,21H,3,6,18H2/t7-,11+,14-,15-/m1/s1. The summed E-state index contributed by atoms with van der Waals surface area (Å²) in [6, 6.07) is 5.63. The summed E-state index contributed by atoms with van der Waals surface area (Å²) >= 11 is 3.32. The molecule has 1 aromatic heterocycles. The maximum Gasteiger partial charge on any atom is 0.290 e. The van der Waals surface area contributed by atoms with Crippen LogP contribution in [0.2, 0.25) is 0 Å². The Hall–Kier alpha value is -1.70. The number of amides is 1. The highest BCUT2D eigenvalue weighted by Gasteiger charge is 2.52. The minimum Gasteiger partial charge on any atom is -0.451 e. The molecule has 2 aromatic rings. The molecule has 1 saturated heterocycles. The molecule has 120 valence electrons. The number of carbonyl (C=O) groups excluding carboxylic acids is 1. The molecule has 1 aliphatic heterocycles. The van der Waals surface area contributed by atoms with Crippen molar-refractivity contribution in [3.8, 4) is 0 Å². The van der Waals surface area contributed by atoms with Crippen molar-refractivity contribution in [2.75, 3.05) is 6.54 Å². The molecule has 7 heteroatoms. The number of nitrogens with zero attached hydrogens (tertiary/aromatic N) is 1. The van der Waals surface area contributed by atoms with E-state index in [4.69, 9.17) is 10.2 Å². The van der Waals surface area contributed by atoms with E-state index in [-0.39, 0.29) is 23.1 Å². The highest BCUT2D eigenvalue weighted by Crippen LogP contribution is 2.37. The van der Waals surface area contributed by atoms with Gasteiger partial charge in [0, 0.05) is 23.1 Å². The Labute approximate surface area is 140 Å². The average molecular weight is 379 g/mol. The fraction of sp³-hybridized carbons (Fsp3) is 0.375. The quantitative estimate of drug-likeness (QED) is 0.773. The summed E-state index contributed by atoms with van der Waals surface area (Å²) in [7, 11) is 0. The highest BCUT2D eigenvalue weighted by molar-refractivity contribution is 9.10. The van der Waals surface area contributed by atoms with Crippen LogP contribution >= 0.6 is 15.9 Å². The van der Waals surface area contributed by atoms with Gasteiger partial charge in [0.1, 0.15) is 5.58 Å². The molecule has 0 spiro atoms. The first-order chi connectivity index (χ1) is 11.0. The average Bonchev–Trinajstić information content (AvgIpc) is 2.96. The molecule has 1 aliphatic carbocycles. The number of hydrogen-bond donors (Lipinski definition) is 2. The van der Waals surface area contributed by atoms with Crippen LogP contribution in [-0.2, 0) is 0 Å². The minimum atomic E-state index is -0.617. The first kappa shape index (κ1) is 14.9. The molecule has 2 heterocycles. The second-order valence-electron chi connectivity index (χ2n) is 6.20. The predicted molar refractivity (Wildman–Crippen MR) is 87.1 cm³/mol. The SMILES string of the molecule is N[C@@H]1[C@@H]2C[C@H](O)[C@H]1N(C(=O)c1cc(=O)c3ccc(Br)cc3o1)C2. The van der Waals surface area contributed by atoms with E-state index in [9.17, 15) is 14.7 Å². The molecule has 4 rings (SSSR count). The van der Waals surface area contributed by atoms with Crippen LogP contribution in [0.1, 0.15) is 17.0 Å². The van der Waals surface area contributed by atoms with Gasteiger partial charge >= 0.3 is 0 Å². The summed E-state index contributed by atoms with van der Waals surface area (Å²) in [5.74, 6) is -0.321. The fourth-order valence-corrected chi connectivity index (χ4v) is 4.06. The molecule has 1 amide bonds. The van der Waals surface area contributed by atoms with Crippen molar-refractivity contribution in [1.82, 2.24) is 4.90 Å². The zero-order chi connectivity index (χ0) is 16.3. The Morgan fingerprint density at radius 3 is 2.87 bits per heavy atom. The van der Waals surface area contributed by atoms with Crippen LogP contribution in [0.3, 0.4) is 0 Å². The van der Waals surface area contributed by atoms with Crippen molar-refractivity contribution in [1.29, 1.82) is 0 Å². The predicted octanol–water partition coefficient (Wildman–Crippen LogP) is 1.09. The summed E-state index contributed by atoms with van der Waals surface area (Å²) in [6.07, 6.45) is -0.00134. The largest absolute Gasteiger partial charge is 0.451 e. The summed E-state index contributed by atoms with van der Waals surface area (Å²) in [6.45, 7) is 0.488. The molecule has 6 nitrogen and oxygen atoms in total. The molecule has 0 radical (unpaired) electrons. The summed E-state index contributed by atoms with van der Waals surface area (Å²) < 4.78 is 6.39. The van der Waals surface area contributed by atoms with Crippen LogP contribution in [0.4, 0.5) is 0 Å². The van der Waals surface area contributed by atoms with E-state index < -0.39 is 18.1 Å². The van der Waals surface area contributed by atoms with Crippen molar-refractivity contribution in [3.05, 3.63) is 44.7 Å².